The molecule has 12 heavy (non-hydrogen) atoms. The van der Waals surface area contributed by atoms with Crippen molar-refractivity contribution >= 4 is 16.5 Å². The van der Waals surface area contributed by atoms with Crippen LogP contribution in [0.1, 0.15) is 18.2 Å². The Kier molecular flexibility index (Phi) is 1.59. The Morgan fingerprint density at radius 3 is 3.17 bits per heavy atom. The maximum Gasteiger partial charge on any atom is 0.397 e. The van der Waals surface area contributed by atoms with Gasteiger partial charge in [-0.3, -0.25) is 0 Å². The molecule has 1 aliphatic rings. The first kappa shape index (κ1) is 8.24. The van der Waals surface area contributed by atoms with Crippen LogP contribution >= 0.6 is 0 Å². The molecule has 3 nitrogen and oxygen atoms in total. The molecule has 1 aromatic heterocycles. The number of aromatic nitrogens is 2. The van der Waals surface area contributed by atoms with Gasteiger partial charge in [-0.2, -0.15) is 0 Å². The number of hydrogen-bond donors (Lipinski definition) is 1. The average Bonchev–Trinajstić information content (AvgIpc) is 2.38. The first-order chi connectivity index (χ1) is 5.51. The molecule has 0 radical (unpaired) electrons. The number of fused-ring (bicyclic) bond motifs is 1. The maximum absolute atomic E-state index is 13.2. The van der Waals surface area contributed by atoms with E-state index in [-0.39, 0.29) is 6.42 Å². The molecular formula is C7H10AlFN2O. The first-order valence-electron chi connectivity index (χ1n) is 3.91. The van der Waals surface area contributed by atoms with E-state index in [1.54, 1.807) is 9.86 Å². The van der Waals surface area contributed by atoms with Crippen LogP contribution in [-0.2, 0) is 12.0 Å². The van der Waals surface area contributed by atoms with Crippen LogP contribution in [0.15, 0.2) is 6.20 Å². The Morgan fingerprint density at radius 1 is 1.92 bits per heavy atom. The summed E-state index contributed by atoms with van der Waals surface area (Å²) in [5.41, 5.74) is 0.0466. The fraction of sp³-hybridized carbons (Fsp3) is 0.571. The van der Waals surface area contributed by atoms with E-state index in [9.17, 15) is 9.50 Å². The van der Waals surface area contributed by atoms with Gasteiger partial charge in [-0.05, 0) is 6.92 Å². The molecule has 1 N–H and O–H groups in total. The van der Waals surface area contributed by atoms with Gasteiger partial charge in [0.05, 0.1) is 5.69 Å². The van der Waals surface area contributed by atoms with Crippen molar-refractivity contribution in [1.82, 2.24) is 8.76 Å². The number of nitrogens with zero attached hydrogens (tertiary/aromatic N) is 2. The van der Waals surface area contributed by atoms with Gasteiger partial charge in [0, 0.05) is 18.2 Å². The van der Waals surface area contributed by atoms with Crippen molar-refractivity contribution in [3.05, 3.63) is 17.5 Å². The van der Waals surface area contributed by atoms with Gasteiger partial charge in [-0.1, -0.05) is 0 Å². The Morgan fingerprint density at radius 2 is 2.58 bits per heavy atom. The fourth-order valence-electron chi connectivity index (χ4n) is 1.65. The van der Waals surface area contributed by atoms with Gasteiger partial charge in [0.25, 0.3) is 0 Å². The summed E-state index contributed by atoms with van der Waals surface area (Å²) in [5.74, 6) is 0. The molecule has 1 aliphatic carbocycles. The molecule has 0 saturated heterocycles. The second-order valence-corrected chi connectivity index (χ2v) is 4.40. The standard InChI is InChI=1S/C7H8FN2O.Al.2H/c1-7(11)4-3-9-10-5(4)2-6(7)8;;;/h3,6,11H,2H2,1H3;;;/q-1;+1;;. The highest BCUT2D eigenvalue weighted by Crippen LogP contribution is 2.37. The van der Waals surface area contributed by atoms with E-state index in [4.69, 9.17) is 0 Å². The van der Waals surface area contributed by atoms with Crippen molar-refractivity contribution in [2.75, 3.05) is 0 Å². The molecule has 2 rings (SSSR count). The number of halogens is 1. The molecular weight excluding hydrogens is 174 g/mol. The smallest absolute Gasteiger partial charge is 0.382 e. The summed E-state index contributed by atoms with van der Waals surface area (Å²) in [6.07, 6.45) is 0.788. The summed E-state index contributed by atoms with van der Waals surface area (Å²) in [6, 6.07) is 0. The third-order valence-corrected chi connectivity index (χ3v) is 2.89. The normalized spacial score (nSPS) is 33.8. The molecule has 5 heteroatoms. The second kappa shape index (κ2) is 2.32. The lowest BCUT2D eigenvalue weighted by atomic mass is 10.0. The van der Waals surface area contributed by atoms with Crippen LogP contribution in [0.4, 0.5) is 4.39 Å². The van der Waals surface area contributed by atoms with Crippen molar-refractivity contribution in [1.29, 1.82) is 0 Å². The first-order valence-corrected chi connectivity index (χ1v) is 4.80. The lowest BCUT2D eigenvalue weighted by molar-refractivity contribution is -0.0110. The molecule has 0 saturated carbocycles. The Balaban J connectivity index is 2.53. The molecule has 0 bridgehead atoms. The summed E-state index contributed by atoms with van der Waals surface area (Å²) >= 11 is 0.776. The van der Waals surface area contributed by atoms with Crippen LogP contribution in [0.2, 0.25) is 0 Å². The van der Waals surface area contributed by atoms with Gasteiger partial charge in [0.2, 0.25) is 0 Å². The van der Waals surface area contributed by atoms with Gasteiger partial charge in [0.1, 0.15) is 11.8 Å². The fourth-order valence-corrected chi connectivity index (χ4v) is 2.14. The summed E-state index contributed by atoms with van der Waals surface area (Å²) in [6.45, 7) is 1.51. The molecule has 0 aromatic carbocycles. The van der Waals surface area contributed by atoms with Crippen molar-refractivity contribution in [2.24, 2.45) is 0 Å². The third-order valence-electron chi connectivity index (χ3n) is 2.43. The Bertz CT molecular complexity index is 323. The number of rotatable bonds is 0. The van der Waals surface area contributed by atoms with Crippen LogP contribution in [0, 0.1) is 0 Å². The third kappa shape index (κ3) is 0.940. The monoisotopic (exact) mass is 184 g/mol. The number of alkyl halides is 1. The van der Waals surface area contributed by atoms with E-state index in [1.807, 2.05) is 0 Å². The van der Waals surface area contributed by atoms with E-state index in [2.05, 4.69) is 5.10 Å². The highest BCUT2D eigenvalue weighted by Gasteiger charge is 2.43. The lowest BCUT2D eigenvalue weighted by Crippen LogP contribution is -2.28. The Labute approximate surface area is 77.8 Å². The lowest BCUT2D eigenvalue weighted by Gasteiger charge is -2.19. The molecule has 2 unspecified atom stereocenters. The van der Waals surface area contributed by atoms with Crippen LogP contribution in [0.25, 0.3) is 0 Å². The summed E-state index contributed by atoms with van der Waals surface area (Å²) in [4.78, 5) is 0. The largest absolute Gasteiger partial charge is 0.397 e. The molecule has 1 heterocycles. The van der Waals surface area contributed by atoms with Crippen molar-refractivity contribution in [3.63, 3.8) is 0 Å². The van der Waals surface area contributed by atoms with Crippen LogP contribution in [0.3, 0.4) is 0 Å². The quantitative estimate of drug-likeness (QED) is 0.546. The van der Waals surface area contributed by atoms with Crippen LogP contribution in [0.5, 0.6) is 0 Å². The van der Waals surface area contributed by atoms with E-state index in [0.29, 0.717) is 11.3 Å². The zero-order valence-corrected chi connectivity index (χ0v) is 9.08. The summed E-state index contributed by atoms with van der Waals surface area (Å²) < 4.78 is 14.9. The number of aliphatic hydroxyl groups is 1. The molecule has 0 amide bonds. The van der Waals surface area contributed by atoms with E-state index in [0.717, 1.165) is 16.5 Å². The van der Waals surface area contributed by atoms with Gasteiger partial charge in [0.15, 0.2) is 0 Å². The zero-order valence-electron chi connectivity index (χ0n) is 7.08. The average molecular weight is 184 g/mol. The minimum atomic E-state index is -1.32. The molecule has 1 aromatic rings. The zero-order chi connectivity index (χ0) is 8.93. The van der Waals surface area contributed by atoms with E-state index in [1.165, 1.54) is 6.92 Å². The summed E-state index contributed by atoms with van der Waals surface area (Å²) in [5, 5.41) is 13.8. The highest BCUT2D eigenvalue weighted by atomic mass is 27.1. The molecule has 0 fully saturated rings. The van der Waals surface area contributed by atoms with Crippen molar-refractivity contribution in [2.45, 2.75) is 25.1 Å². The van der Waals surface area contributed by atoms with Gasteiger partial charge in [-0.15, -0.1) is 0 Å². The summed E-state index contributed by atoms with van der Waals surface area (Å²) in [7, 11) is 0. The Hall–Kier alpha value is -0.368. The molecule has 0 aliphatic heterocycles. The van der Waals surface area contributed by atoms with Crippen molar-refractivity contribution in [3.8, 4) is 0 Å². The number of hydrogen-bond acceptors (Lipinski definition) is 2. The molecule has 0 spiro atoms. The van der Waals surface area contributed by atoms with Crippen LogP contribution in [-0.4, -0.2) is 36.6 Å². The highest BCUT2D eigenvalue weighted by molar-refractivity contribution is 6.05. The molecule has 64 valence electrons. The van der Waals surface area contributed by atoms with E-state index >= 15 is 0 Å². The SMILES string of the molecule is CC1(O)c2c[n]([AlH2])nc2CC1F. The maximum atomic E-state index is 13.2. The van der Waals surface area contributed by atoms with Crippen LogP contribution < -0.4 is 0 Å². The van der Waals surface area contributed by atoms with Crippen molar-refractivity contribution < 1.29 is 9.50 Å². The second-order valence-electron chi connectivity index (χ2n) is 3.48. The minimum absolute atomic E-state index is 0.248. The van der Waals surface area contributed by atoms with E-state index < -0.39 is 11.8 Å². The van der Waals surface area contributed by atoms with Gasteiger partial charge >= 0.3 is 16.5 Å². The molecule has 2 atom stereocenters. The van der Waals surface area contributed by atoms with Gasteiger partial charge < -0.3 is 8.77 Å². The predicted molar refractivity (Wildman–Crippen MR) is 44.3 cm³/mol. The minimum Gasteiger partial charge on any atom is -0.382 e. The van der Waals surface area contributed by atoms with Gasteiger partial charge in [-0.25, -0.2) is 9.49 Å². The topological polar surface area (TPSA) is 38.0 Å². The predicted octanol–water partition coefficient (Wildman–Crippen LogP) is -0.619.